The lowest BCUT2D eigenvalue weighted by Crippen LogP contribution is -2.30. The van der Waals surface area contributed by atoms with Gasteiger partial charge in [0.2, 0.25) is 0 Å². The predicted octanol–water partition coefficient (Wildman–Crippen LogP) is 4.15. The van der Waals surface area contributed by atoms with Gasteiger partial charge in [-0.15, -0.1) is 11.3 Å². The lowest BCUT2D eigenvalue weighted by molar-refractivity contribution is 0.0524. The first kappa shape index (κ1) is 19.1. The Labute approximate surface area is 152 Å². The Balaban J connectivity index is 2.16. The van der Waals surface area contributed by atoms with E-state index < -0.39 is 5.97 Å². The van der Waals surface area contributed by atoms with Crippen LogP contribution >= 0.6 is 11.3 Å². The Hall–Kier alpha value is -2.21. The molecule has 0 aromatic carbocycles. The topological polar surface area (TPSA) is 68.3 Å². The lowest BCUT2D eigenvalue weighted by atomic mass is 10.0. The summed E-state index contributed by atoms with van der Waals surface area (Å²) in [6.45, 7) is 8.01. The summed E-state index contributed by atoms with van der Waals surface area (Å²) in [5, 5.41) is 5.07. The number of rotatable bonds is 7. The number of thiophene rings is 1. The molecule has 0 radical (unpaired) electrons. The first-order valence-electron chi connectivity index (χ1n) is 8.41. The van der Waals surface area contributed by atoms with E-state index >= 15 is 0 Å². The van der Waals surface area contributed by atoms with Gasteiger partial charge in [-0.1, -0.05) is 19.9 Å². The molecule has 1 atom stereocenters. The number of nitrogens with one attached hydrogen (secondary N) is 1. The molecule has 6 heteroatoms. The SMILES string of the molecule is CCOC(=O)c1ccc(C(=O)NC(CC(C)C)c2cccs2)nc1C. The quantitative estimate of drug-likeness (QED) is 0.753. The van der Waals surface area contributed by atoms with E-state index in [-0.39, 0.29) is 11.9 Å². The van der Waals surface area contributed by atoms with Crippen molar-refractivity contribution in [2.75, 3.05) is 6.61 Å². The normalized spacial score (nSPS) is 12.0. The molecule has 2 aromatic rings. The molecule has 1 N–H and O–H groups in total. The molecule has 0 fully saturated rings. The molecule has 2 aromatic heterocycles. The summed E-state index contributed by atoms with van der Waals surface area (Å²) in [6, 6.07) is 7.13. The van der Waals surface area contributed by atoms with Crippen molar-refractivity contribution in [2.45, 2.75) is 40.2 Å². The number of aryl methyl sites for hydroxylation is 1. The summed E-state index contributed by atoms with van der Waals surface area (Å²) >= 11 is 1.63. The van der Waals surface area contributed by atoms with Crippen LogP contribution in [0, 0.1) is 12.8 Å². The van der Waals surface area contributed by atoms with Crippen molar-refractivity contribution in [3.05, 3.63) is 51.5 Å². The van der Waals surface area contributed by atoms with Gasteiger partial charge in [0.25, 0.3) is 5.91 Å². The summed E-state index contributed by atoms with van der Waals surface area (Å²) in [7, 11) is 0. The molecule has 2 heterocycles. The van der Waals surface area contributed by atoms with Crippen molar-refractivity contribution in [1.82, 2.24) is 10.3 Å². The van der Waals surface area contributed by atoms with Gasteiger partial charge in [-0.05, 0) is 49.8 Å². The van der Waals surface area contributed by atoms with Crippen LogP contribution in [-0.2, 0) is 4.74 Å². The summed E-state index contributed by atoms with van der Waals surface area (Å²) in [4.78, 5) is 29.9. The Morgan fingerprint density at radius 3 is 2.60 bits per heavy atom. The number of carbonyl (C=O) groups is 2. The van der Waals surface area contributed by atoms with Crippen molar-refractivity contribution < 1.29 is 14.3 Å². The monoisotopic (exact) mass is 360 g/mol. The average molecular weight is 360 g/mol. The Morgan fingerprint density at radius 1 is 1.28 bits per heavy atom. The molecule has 2 rings (SSSR count). The highest BCUT2D eigenvalue weighted by Gasteiger charge is 2.20. The molecule has 0 aliphatic heterocycles. The second kappa shape index (κ2) is 8.76. The van der Waals surface area contributed by atoms with Crippen LogP contribution in [0.3, 0.4) is 0 Å². The number of hydrogen-bond donors (Lipinski definition) is 1. The van der Waals surface area contributed by atoms with E-state index in [2.05, 4.69) is 24.1 Å². The summed E-state index contributed by atoms with van der Waals surface area (Å²) in [5.74, 6) is -0.207. The van der Waals surface area contributed by atoms with Crippen LogP contribution in [0.15, 0.2) is 29.6 Å². The first-order chi connectivity index (χ1) is 11.9. The standard InChI is InChI=1S/C19H24N2O3S/c1-5-24-19(23)14-8-9-15(20-13(14)4)18(22)21-16(11-12(2)3)17-7-6-10-25-17/h6-10,12,16H,5,11H2,1-4H3,(H,21,22). The minimum atomic E-state index is -0.421. The van der Waals surface area contributed by atoms with E-state index in [0.29, 0.717) is 29.5 Å². The molecule has 0 spiro atoms. The van der Waals surface area contributed by atoms with E-state index in [1.54, 1.807) is 37.3 Å². The second-order valence-corrected chi connectivity index (χ2v) is 7.20. The van der Waals surface area contributed by atoms with Gasteiger partial charge >= 0.3 is 5.97 Å². The molecule has 0 aliphatic rings. The summed E-state index contributed by atoms with van der Waals surface area (Å²) in [5.41, 5.74) is 1.17. The highest BCUT2D eigenvalue weighted by Crippen LogP contribution is 2.25. The predicted molar refractivity (Wildman–Crippen MR) is 98.9 cm³/mol. The van der Waals surface area contributed by atoms with Crippen molar-refractivity contribution in [3.63, 3.8) is 0 Å². The molecular formula is C19H24N2O3S. The molecule has 25 heavy (non-hydrogen) atoms. The number of aromatic nitrogens is 1. The van der Waals surface area contributed by atoms with Gasteiger partial charge in [-0.25, -0.2) is 9.78 Å². The number of hydrogen-bond acceptors (Lipinski definition) is 5. The molecular weight excluding hydrogens is 336 g/mol. The minimum absolute atomic E-state index is 0.0423. The first-order valence-corrected chi connectivity index (χ1v) is 9.29. The Bertz CT molecular complexity index is 726. The van der Waals surface area contributed by atoms with Gasteiger partial charge in [-0.2, -0.15) is 0 Å². The van der Waals surface area contributed by atoms with E-state index in [1.807, 2.05) is 17.5 Å². The van der Waals surface area contributed by atoms with E-state index in [4.69, 9.17) is 4.74 Å². The third-order valence-electron chi connectivity index (χ3n) is 3.71. The highest BCUT2D eigenvalue weighted by atomic mass is 32.1. The maximum Gasteiger partial charge on any atom is 0.339 e. The molecule has 0 saturated carbocycles. The molecule has 1 amide bonds. The number of nitrogens with zero attached hydrogens (tertiary/aromatic N) is 1. The van der Waals surface area contributed by atoms with Crippen LogP contribution in [0.2, 0.25) is 0 Å². The second-order valence-electron chi connectivity index (χ2n) is 6.22. The molecule has 0 saturated heterocycles. The number of amides is 1. The van der Waals surface area contributed by atoms with E-state index in [9.17, 15) is 9.59 Å². The number of esters is 1. The van der Waals surface area contributed by atoms with E-state index in [0.717, 1.165) is 11.3 Å². The van der Waals surface area contributed by atoms with Gasteiger partial charge < -0.3 is 10.1 Å². The average Bonchev–Trinajstić information content (AvgIpc) is 3.08. The van der Waals surface area contributed by atoms with Crippen molar-refractivity contribution in [3.8, 4) is 0 Å². The zero-order chi connectivity index (χ0) is 18.4. The highest BCUT2D eigenvalue weighted by molar-refractivity contribution is 7.10. The third kappa shape index (κ3) is 5.13. The van der Waals surface area contributed by atoms with E-state index in [1.165, 1.54) is 0 Å². The molecule has 0 bridgehead atoms. The molecule has 1 unspecified atom stereocenters. The van der Waals surface area contributed by atoms with Crippen molar-refractivity contribution >= 4 is 23.2 Å². The fourth-order valence-electron chi connectivity index (χ4n) is 2.55. The number of ether oxygens (including phenoxy) is 1. The summed E-state index contributed by atoms with van der Waals surface area (Å²) < 4.78 is 4.99. The minimum Gasteiger partial charge on any atom is -0.462 e. The zero-order valence-electron chi connectivity index (χ0n) is 15.0. The lowest BCUT2D eigenvalue weighted by Gasteiger charge is -2.19. The maximum atomic E-state index is 12.6. The van der Waals surface area contributed by atoms with Gasteiger partial charge in [0, 0.05) is 4.88 Å². The van der Waals surface area contributed by atoms with Gasteiger partial charge in [0.05, 0.1) is 23.9 Å². The van der Waals surface area contributed by atoms with Crippen LogP contribution in [0.1, 0.15) is 64.7 Å². The largest absolute Gasteiger partial charge is 0.462 e. The van der Waals surface area contributed by atoms with Gasteiger partial charge in [-0.3, -0.25) is 4.79 Å². The zero-order valence-corrected chi connectivity index (χ0v) is 15.9. The van der Waals surface area contributed by atoms with Crippen LogP contribution < -0.4 is 5.32 Å². The van der Waals surface area contributed by atoms with Gasteiger partial charge in [0.15, 0.2) is 0 Å². The van der Waals surface area contributed by atoms with Gasteiger partial charge in [0.1, 0.15) is 5.69 Å². The Kier molecular flexibility index (Phi) is 6.70. The smallest absolute Gasteiger partial charge is 0.339 e. The fourth-order valence-corrected chi connectivity index (χ4v) is 3.34. The molecule has 134 valence electrons. The number of carbonyl (C=O) groups excluding carboxylic acids is 2. The molecule has 0 aliphatic carbocycles. The summed E-state index contributed by atoms with van der Waals surface area (Å²) in [6.07, 6.45) is 0.853. The fraction of sp³-hybridized carbons (Fsp3) is 0.421. The van der Waals surface area contributed by atoms with Crippen molar-refractivity contribution in [1.29, 1.82) is 0 Å². The van der Waals surface area contributed by atoms with Crippen LogP contribution in [0.4, 0.5) is 0 Å². The third-order valence-corrected chi connectivity index (χ3v) is 4.70. The molecule has 5 nitrogen and oxygen atoms in total. The van der Waals surface area contributed by atoms with Crippen LogP contribution in [0.25, 0.3) is 0 Å². The maximum absolute atomic E-state index is 12.6. The van der Waals surface area contributed by atoms with Crippen molar-refractivity contribution in [2.24, 2.45) is 5.92 Å². The van der Waals surface area contributed by atoms with Crippen LogP contribution in [-0.4, -0.2) is 23.5 Å². The Morgan fingerprint density at radius 2 is 2.04 bits per heavy atom. The number of pyridine rings is 1. The van der Waals surface area contributed by atoms with Crippen LogP contribution in [0.5, 0.6) is 0 Å².